The number of aryl methyl sites for hydroxylation is 1. The summed E-state index contributed by atoms with van der Waals surface area (Å²) in [7, 11) is 0. The molecular weight excluding hydrogens is 250 g/mol. The van der Waals surface area contributed by atoms with Gasteiger partial charge in [0, 0.05) is 18.8 Å². The van der Waals surface area contributed by atoms with Gasteiger partial charge in [-0.15, -0.1) is 11.6 Å². The summed E-state index contributed by atoms with van der Waals surface area (Å²) in [6.07, 6.45) is 1.14. The monoisotopic (exact) mass is 269 g/mol. The Labute approximate surface area is 113 Å². The lowest BCUT2D eigenvalue weighted by Crippen LogP contribution is -2.39. The van der Waals surface area contributed by atoms with Gasteiger partial charge in [0.1, 0.15) is 6.10 Å². The first-order valence-electron chi connectivity index (χ1n) is 6.47. The van der Waals surface area contributed by atoms with E-state index in [0.717, 1.165) is 49.9 Å². The number of nitrogens with zero attached hydrogens (tertiary/aromatic N) is 3. The van der Waals surface area contributed by atoms with E-state index in [2.05, 4.69) is 21.8 Å². The summed E-state index contributed by atoms with van der Waals surface area (Å²) in [5.74, 6) is 1.19. The molecule has 1 atom stereocenters. The van der Waals surface area contributed by atoms with Crippen LogP contribution in [0.4, 0.5) is 0 Å². The molecule has 0 amide bonds. The standard InChI is InChI=1S/C13H20ClN3O/c1-3-4-17-5-6-18-12(9-17)13-15-10(2)7-11(8-14)16-13/h7,12H,3-6,8-9H2,1-2H3. The van der Waals surface area contributed by atoms with E-state index in [1.54, 1.807) is 0 Å². The number of morpholine rings is 1. The predicted octanol–water partition coefficient (Wildman–Crippen LogP) is 2.31. The van der Waals surface area contributed by atoms with Gasteiger partial charge in [-0.05, 0) is 26.0 Å². The van der Waals surface area contributed by atoms with Gasteiger partial charge in [0.15, 0.2) is 5.82 Å². The van der Waals surface area contributed by atoms with Crippen LogP contribution in [0.1, 0.15) is 36.7 Å². The van der Waals surface area contributed by atoms with E-state index in [-0.39, 0.29) is 6.10 Å². The van der Waals surface area contributed by atoms with Crippen molar-refractivity contribution in [1.82, 2.24) is 14.9 Å². The highest BCUT2D eigenvalue weighted by atomic mass is 35.5. The average Bonchev–Trinajstić information content (AvgIpc) is 2.39. The summed E-state index contributed by atoms with van der Waals surface area (Å²) in [6, 6.07) is 1.92. The smallest absolute Gasteiger partial charge is 0.158 e. The number of rotatable bonds is 4. The maximum absolute atomic E-state index is 5.85. The van der Waals surface area contributed by atoms with Crippen molar-refractivity contribution in [3.63, 3.8) is 0 Å². The van der Waals surface area contributed by atoms with Gasteiger partial charge in [-0.1, -0.05) is 6.92 Å². The van der Waals surface area contributed by atoms with E-state index in [1.807, 2.05) is 13.0 Å². The van der Waals surface area contributed by atoms with Gasteiger partial charge in [0.05, 0.1) is 18.2 Å². The molecule has 1 aliphatic rings. The highest BCUT2D eigenvalue weighted by Crippen LogP contribution is 2.20. The first-order chi connectivity index (χ1) is 8.72. The van der Waals surface area contributed by atoms with Crippen LogP contribution in [0.5, 0.6) is 0 Å². The Kier molecular flexibility index (Phi) is 4.92. The minimum Gasteiger partial charge on any atom is -0.368 e. The number of hydrogen-bond acceptors (Lipinski definition) is 4. The molecule has 1 aliphatic heterocycles. The van der Waals surface area contributed by atoms with Crippen molar-refractivity contribution in [1.29, 1.82) is 0 Å². The van der Waals surface area contributed by atoms with Crippen molar-refractivity contribution in [2.75, 3.05) is 26.2 Å². The average molecular weight is 270 g/mol. The molecule has 1 aromatic rings. The predicted molar refractivity (Wildman–Crippen MR) is 71.8 cm³/mol. The third-order valence-corrected chi connectivity index (χ3v) is 3.31. The molecule has 100 valence electrons. The Morgan fingerprint density at radius 2 is 2.33 bits per heavy atom. The Balaban J connectivity index is 2.12. The normalized spacial score (nSPS) is 21.2. The SMILES string of the molecule is CCCN1CCOC(c2nc(C)cc(CCl)n2)C1. The molecular formula is C13H20ClN3O. The Morgan fingerprint density at radius 1 is 1.50 bits per heavy atom. The summed E-state index contributed by atoms with van der Waals surface area (Å²) in [5, 5.41) is 0. The van der Waals surface area contributed by atoms with Gasteiger partial charge in [-0.25, -0.2) is 9.97 Å². The topological polar surface area (TPSA) is 38.2 Å². The first kappa shape index (κ1) is 13.7. The molecule has 1 aromatic heterocycles. The lowest BCUT2D eigenvalue weighted by molar-refractivity contribution is -0.0343. The number of halogens is 1. The van der Waals surface area contributed by atoms with Crippen LogP contribution in [0, 0.1) is 6.92 Å². The zero-order chi connectivity index (χ0) is 13.0. The lowest BCUT2D eigenvalue weighted by atomic mass is 10.2. The van der Waals surface area contributed by atoms with Gasteiger partial charge in [0.25, 0.3) is 0 Å². The Hall–Kier alpha value is -0.710. The first-order valence-corrected chi connectivity index (χ1v) is 7.00. The minimum absolute atomic E-state index is 0.0211. The molecule has 2 heterocycles. The van der Waals surface area contributed by atoms with Gasteiger partial charge in [-0.2, -0.15) is 0 Å². The third-order valence-electron chi connectivity index (χ3n) is 3.04. The van der Waals surface area contributed by atoms with Crippen LogP contribution in [0.15, 0.2) is 6.07 Å². The lowest BCUT2D eigenvalue weighted by Gasteiger charge is -2.32. The van der Waals surface area contributed by atoms with E-state index in [4.69, 9.17) is 16.3 Å². The number of ether oxygens (including phenoxy) is 1. The van der Waals surface area contributed by atoms with Crippen LogP contribution < -0.4 is 0 Å². The van der Waals surface area contributed by atoms with Crippen molar-refractivity contribution >= 4 is 11.6 Å². The fraction of sp³-hybridized carbons (Fsp3) is 0.692. The zero-order valence-corrected chi connectivity index (χ0v) is 11.8. The molecule has 1 saturated heterocycles. The summed E-state index contributed by atoms with van der Waals surface area (Å²) >= 11 is 5.85. The van der Waals surface area contributed by atoms with E-state index in [0.29, 0.717) is 5.88 Å². The van der Waals surface area contributed by atoms with Crippen LogP contribution in [-0.2, 0) is 10.6 Å². The van der Waals surface area contributed by atoms with E-state index < -0.39 is 0 Å². The number of alkyl halides is 1. The molecule has 0 N–H and O–H groups in total. The maximum Gasteiger partial charge on any atom is 0.158 e. The minimum atomic E-state index is -0.0211. The van der Waals surface area contributed by atoms with Crippen molar-refractivity contribution in [2.24, 2.45) is 0 Å². The van der Waals surface area contributed by atoms with E-state index in [1.165, 1.54) is 0 Å². The molecule has 5 heteroatoms. The third kappa shape index (κ3) is 3.40. The summed E-state index contributed by atoms with van der Waals surface area (Å²) < 4.78 is 5.79. The molecule has 0 radical (unpaired) electrons. The second-order valence-electron chi connectivity index (χ2n) is 4.65. The van der Waals surface area contributed by atoms with Crippen LogP contribution >= 0.6 is 11.6 Å². The molecule has 0 bridgehead atoms. The molecule has 0 spiro atoms. The van der Waals surface area contributed by atoms with Crippen LogP contribution in [0.2, 0.25) is 0 Å². The zero-order valence-electron chi connectivity index (χ0n) is 11.0. The summed E-state index contributed by atoms with van der Waals surface area (Å²) in [5.41, 5.74) is 1.82. The Bertz CT molecular complexity index is 398. The number of hydrogen-bond donors (Lipinski definition) is 0. The van der Waals surface area contributed by atoms with Crippen molar-refractivity contribution in [2.45, 2.75) is 32.3 Å². The second-order valence-corrected chi connectivity index (χ2v) is 4.92. The second kappa shape index (κ2) is 6.45. The van der Waals surface area contributed by atoms with E-state index >= 15 is 0 Å². The molecule has 1 unspecified atom stereocenters. The van der Waals surface area contributed by atoms with Gasteiger partial charge in [-0.3, -0.25) is 4.90 Å². The highest BCUT2D eigenvalue weighted by molar-refractivity contribution is 6.16. The Morgan fingerprint density at radius 3 is 3.06 bits per heavy atom. The molecule has 0 aromatic carbocycles. The van der Waals surface area contributed by atoms with Crippen LogP contribution in [0.3, 0.4) is 0 Å². The molecule has 18 heavy (non-hydrogen) atoms. The quantitative estimate of drug-likeness (QED) is 0.787. The molecule has 1 fully saturated rings. The van der Waals surface area contributed by atoms with Crippen molar-refractivity contribution in [3.05, 3.63) is 23.3 Å². The number of aromatic nitrogens is 2. The van der Waals surface area contributed by atoms with Crippen molar-refractivity contribution < 1.29 is 4.74 Å². The summed E-state index contributed by atoms with van der Waals surface area (Å²) in [4.78, 5) is 11.4. The van der Waals surface area contributed by atoms with Gasteiger partial charge >= 0.3 is 0 Å². The fourth-order valence-corrected chi connectivity index (χ4v) is 2.39. The fourth-order valence-electron chi connectivity index (χ4n) is 2.25. The van der Waals surface area contributed by atoms with Crippen LogP contribution in [0.25, 0.3) is 0 Å². The molecule has 4 nitrogen and oxygen atoms in total. The van der Waals surface area contributed by atoms with Gasteiger partial charge in [0.2, 0.25) is 0 Å². The molecule has 0 aliphatic carbocycles. The van der Waals surface area contributed by atoms with Crippen molar-refractivity contribution in [3.8, 4) is 0 Å². The summed E-state index contributed by atoms with van der Waals surface area (Å²) in [6.45, 7) is 7.89. The van der Waals surface area contributed by atoms with Crippen LogP contribution in [-0.4, -0.2) is 41.1 Å². The maximum atomic E-state index is 5.85. The van der Waals surface area contributed by atoms with E-state index in [9.17, 15) is 0 Å². The highest BCUT2D eigenvalue weighted by Gasteiger charge is 2.24. The van der Waals surface area contributed by atoms with Gasteiger partial charge < -0.3 is 4.74 Å². The molecule has 2 rings (SSSR count). The largest absolute Gasteiger partial charge is 0.368 e. The molecule has 0 saturated carbocycles.